The van der Waals surface area contributed by atoms with Crippen molar-refractivity contribution in [1.82, 2.24) is 16.0 Å². The summed E-state index contributed by atoms with van der Waals surface area (Å²) in [5.74, 6) is -0.00438. The summed E-state index contributed by atoms with van der Waals surface area (Å²) in [6, 6.07) is 9.64. The molecule has 3 amide bonds. The average molecular weight is 389 g/mol. The molecule has 1 aliphatic carbocycles. The minimum atomic E-state index is -0.823. The third kappa shape index (κ3) is 4.81. The van der Waals surface area contributed by atoms with E-state index in [9.17, 15) is 14.7 Å². The molecule has 2 saturated heterocycles. The lowest BCUT2D eigenvalue weighted by Crippen LogP contribution is -2.44. The smallest absolute Gasteiger partial charge is 0.315 e. The number of fused-ring (bicyclic) bond motifs is 1. The average Bonchev–Trinajstić information content (AvgIpc) is 3.34. The van der Waals surface area contributed by atoms with Crippen molar-refractivity contribution in [3.63, 3.8) is 0 Å². The van der Waals surface area contributed by atoms with Gasteiger partial charge in [0.05, 0.1) is 18.6 Å². The number of rotatable bonds is 7. The highest BCUT2D eigenvalue weighted by atomic mass is 16.6. The summed E-state index contributed by atoms with van der Waals surface area (Å²) in [6.45, 7) is 0.630. The van der Waals surface area contributed by atoms with Crippen LogP contribution in [0.5, 0.6) is 0 Å². The van der Waals surface area contributed by atoms with Gasteiger partial charge in [-0.05, 0) is 18.4 Å². The SMILES string of the molecule is O=C(C[C@@H]1C[C@H]2O[C@H](CNC(=O)NCc3ccccc3)[C@@H](O)[C@H]2O1)NC1CC1. The summed E-state index contributed by atoms with van der Waals surface area (Å²) in [5.41, 5.74) is 1.01. The maximum Gasteiger partial charge on any atom is 0.315 e. The Morgan fingerprint density at radius 3 is 2.61 bits per heavy atom. The Balaban J connectivity index is 1.16. The molecule has 0 spiro atoms. The maximum atomic E-state index is 12.0. The predicted molar refractivity (Wildman–Crippen MR) is 100 cm³/mol. The lowest BCUT2D eigenvalue weighted by atomic mass is 10.1. The molecule has 8 heteroatoms. The van der Waals surface area contributed by atoms with Crippen molar-refractivity contribution in [2.45, 2.75) is 68.8 Å². The monoisotopic (exact) mass is 389 g/mol. The van der Waals surface area contributed by atoms with Crippen LogP contribution in [-0.2, 0) is 20.8 Å². The minimum absolute atomic E-state index is 0.00438. The van der Waals surface area contributed by atoms with Crippen molar-refractivity contribution in [2.75, 3.05) is 6.54 Å². The van der Waals surface area contributed by atoms with Crippen LogP contribution in [0.25, 0.3) is 0 Å². The molecule has 0 bridgehead atoms. The number of carbonyl (C=O) groups is 2. The van der Waals surface area contributed by atoms with Crippen molar-refractivity contribution in [3.05, 3.63) is 35.9 Å². The van der Waals surface area contributed by atoms with Crippen LogP contribution in [0.15, 0.2) is 30.3 Å². The van der Waals surface area contributed by atoms with E-state index < -0.39 is 18.3 Å². The van der Waals surface area contributed by atoms with E-state index in [1.54, 1.807) is 0 Å². The van der Waals surface area contributed by atoms with Gasteiger partial charge in [-0.15, -0.1) is 0 Å². The van der Waals surface area contributed by atoms with Gasteiger partial charge < -0.3 is 30.5 Å². The van der Waals surface area contributed by atoms with Gasteiger partial charge in [0.15, 0.2) is 0 Å². The standard InChI is InChI=1S/C20H27N3O5/c24-17(23-13-6-7-13)9-14-8-15-19(27-14)18(25)16(28-15)11-22-20(26)21-10-12-4-2-1-3-5-12/h1-5,13-16,18-19,25H,6-11H2,(H,23,24)(H2,21,22,26)/t14-,15+,16+,18+,19-/m0/s1. The number of nitrogens with one attached hydrogen (secondary N) is 3. The molecule has 4 N–H and O–H groups in total. The molecule has 0 aromatic heterocycles. The van der Waals surface area contributed by atoms with Gasteiger partial charge in [0.2, 0.25) is 5.91 Å². The van der Waals surface area contributed by atoms with E-state index in [0.29, 0.717) is 25.4 Å². The summed E-state index contributed by atoms with van der Waals surface area (Å²) < 4.78 is 11.7. The number of aliphatic hydroxyl groups is 1. The van der Waals surface area contributed by atoms with Crippen molar-refractivity contribution in [2.24, 2.45) is 0 Å². The van der Waals surface area contributed by atoms with Crippen LogP contribution in [0.1, 0.15) is 31.2 Å². The quantitative estimate of drug-likeness (QED) is 0.541. The first-order valence-electron chi connectivity index (χ1n) is 9.92. The van der Waals surface area contributed by atoms with Crippen LogP contribution in [0.3, 0.4) is 0 Å². The highest BCUT2D eigenvalue weighted by Gasteiger charge is 2.50. The zero-order chi connectivity index (χ0) is 19.5. The van der Waals surface area contributed by atoms with E-state index in [0.717, 1.165) is 18.4 Å². The molecular weight excluding hydrogens is 362 g/mol. The van der Waals surface area contributed by atoms with Crippen LogP contribution in [-0.4, -0.2) is 60.2 Å². The molecule has 2 aliphatic heterocycles. The van der Waals surface area contributed by atoms with Gasteiger partial charge in [-0.1, -0.05) is 30.3 Å². The topological polar surface area (TPSA) is 109 Å². The summed E-state index contributed by atoms with van der Waals surface area (Å²) in [4.78, 5) is 23.9. The molecular formula is C20H27N3O5. The highest BCUT2D eigenvalue weighted by molar-refractivity contribution is 5.77. The number of amides is 3. The van der Waals surface area contributed by atoms with Crippen LogP contribution in [0.2, 0.25) is 0 Å². The Hall–Kier alpha value is -2.16. The third-order valence-corrected chi connectivity index (χ3v) is 5.39. The Morgan fingerprint density at radius 1 is 1.11 bits per heavy atom. The lowest BCUT2D eigenvalue weighted by molar-refractivity contribution is -0.124. The van der Waals surface area contributed by atoms with Gasteiger partial charge in [0.25, 0.3) is 0 Å². The first kappa shape index (κ1) is 19.2. The lowest BCUT2D eigenvalue weighted by Gasteiger charge is -2.20. The van der Waals surface area contributed by atoms with E-state index in [1.807, 2.05) is 30.3 Å². The molecule has 2 heterocycles. The summed E-state index contributed by atoms with van der Waals surface area (Å²) in [5, 5.41) is 18.9. The zero-order valence-electron chi connectivity index (χ0n) is 15.7. The number of urea groups is 1. The molecule has 5 atom stereocenters. The van der Waals surface area contributed by atoms with Gasteiger partial charge in [0.1, 0.15) is 18.3 Å². The van der Waals surface area contributed by atoms with Gasteiger partial charge >= 0.3 is 6.03 Å². The maximum absolute atomic E-state index is 12.0. The van der Waals surface area contributed by atoms with Crippen molar-refractivity contribution in [3.8, 4) is 0 Å². The summed E-state index contributed by atoms with van der Waals surface area (Å²) in [7, 11) is 0. The molecule has 28 heavy (non-hydrogen) atoms. The Kier molecular flexibility index (Phi) is 5.79. The fourth-order valence-electron chi connectivity index (χ4n) is 3.76. The molecule has 3 aliphatic rings. The first-order valence-corrected chi connectivity index (χ1v) is 9.92. The third-order valence-electron chi connectivity index (χ3n) is 5.39. The molecule has 0 unspecified atom stereocenters. The molecule has 4 rings (SSSR count). The van der Waals surface area contributed by atoms with E-state index in [4.69, 9.17) is 9.47 Å². The fourth-order valence-corrected chi connectivity index (χ4v) is 3.76. The van der Waals surface area contributed by atoms with Crippen LogP contribution in [0.4, 0.5) is 4.79 Å². The fraction of sp³-hybridized carbons (Fsp3) is 0.600. The molecule has 1 aromatic carbocycles. The second-order valence-corrected chi connectivity index (χ2v) is 7.76. The second-order valence-electron chi connectivity index (χ2n) is 7.76. The molecule has 1 aromatic rings. The van der Waals surface area contributed by atoms with Gasteiger partial charge in [-0.3, -0.25) is 4.79 Å². The molecule has 8 nitrogen and oxygen atoms in total. The normalized spacial score (nSPS) is 31.2. The van der Waals surface area contributed by atoms with Gasteiger partial charge in [0, 0.05) is 25.6 Å². The van der Waals surface area contributed by atoms with Crippen LogP contribution >= 0.6 is 0 Å². The Morgan fingerprint density at radius 2 is 1.89 bits per heavy atom. The van der Waals surface area contributed by atoms with E-state index in [2.05, 4.69) is 16.0 Å². The summed E-state index contributed by atoms with van der Waals surface area (Å²) in [6.07, 6.45) is 0.725. The Labute approximate surface area is 164 Å². The Bertz CT molecular complexity index is 696. The number of ether oxygens (including phenoxy) is 2. The molecule has 0 radical (unpaired) electrons. The largest absolute Gasteiger partial charge is 0.388 e. The van der Waals surface area contributed by atoms with Crippen LogP contribution < -0.4 is 16.0 Å². The zero-order valence-corrected chi connectivity index (χ0v) is 15.7. The molecule has 152 valence electrons. The van der Waals surface area contributed by atoms with Gasteiger partial charge in [-0.25, -0.2) is 4.79 Å². The first-order chi connectivity index (χ1) is 13.6. The number of carbonyl (C=O) groups excluding carboxylic acids is 2. The number of hydrogen-bond acceptors (Lipinski definition) is 5. The van der Waals surface area contributed by atoms with E-state index in [1.165, 1.54) is 0 Å². The second kappa shape index (κ2) is 8.46. The summed E-state index contributed by atoms with van der Waals surface area (Å²) >= 11 is 0. The van der Waals surface area contributed by atoms with Crippen molar-refractivity contribution < 1.29 is 24.2 Å². The van der Waals surface area contributed by atoms with Crippen molar-refractivity contribution in [1.29, 1.82) is 0 Å². The van der Waals surface area contributed by atoms with E-state index >= 15 is 0 Å². The van der Waals surface area contributed by atoms with Crippen LogP contribution in [0, 0.1) is 0 Å². The highest BCUT2D eigenvalue weighted by Crippen LogP contribution is 2.35. The van der Waals surface area contributed by atoms with E-state index in [-0.39, 0.29) is 30.7 Å². The number of benzene rings is 1. The number of aliphatic hydroxyl groups excluding tert-OH is 1. The molecule has 3 fully saturated rings. The molecule has 1 saturated carbocycles. The van der Waals surface area contributed by atoms with Crippen molar-refractivity contribution >= 4 is 11.9 Å². The predicted octanol–water partition coefficient (Wildman–Crippen LogP) is 0.440. The minimum Gasteiger partial charge on any atom is -0.388 e. The number of hydrogen-bond donors (Lipinski definition) is 4. The van der Waals surface area contributed by atoms with Gasteiger partial charge in [-0.2, -0.15) is 0 Å².